The van der Waals surface area contributed by atoms with Crippen LogP contribution >= 0.6 is 0 Å². The molecule has 6 heteroatoms. The summed E-state index contributed by atoms with van der Waals surface area (Å²) in [5.74, 6) is -1.59. The Morgan fingerprint density at radius 3 is 2.27 bits per heavy atom. The fraction of sp³-hybridized carbons (Fsp3) is 0.900. The van der Waals surface area contributed by atoms with Crippen molar-refractivity contribution in [3.05, 3.63) is 12.2 Å². The molecule has 0 aromatic carbocycles. The first-order chi connectivity index (χ1) is 12.2. The average molecular weight is 373 g/mol. The third-order valence-corrected chi connectivity index (χ3v) is 4.81. The molecule has 6 nitrogen and oxygen atoms in total. The minimum absolute atomic E-state index is 0.286. The molecule has 26 heavy (non-hydrogen) atoms. The van der Waals surface area contributed by atoms with E-state index in [1.165, 1.54) is 12.8 Å². The molecular formula is C20H36O6. The maximum Gasteiger partial charge on any atom is 0.164 e. The minimum atomic E-state index is -0.938. The van der Waals surface area contributed by atoms with E-state index in [0.29, 0.717) is 6.42 Å². The van der Waals surface area contributed by atoms with Crippen molar-refractivity contribution in [3.8, 4) is 0 Å². The molecule has 2 aliphatic heterocycles. The Labute approximate surface area is 157 Å². The van der Waals surface area contributed by atoms with E-state index in [1.807, 2.05) is 19.9 Å². The van der Waals surface area contributed by atoms with Crippen LogP contribution in [-0.2, 0) is 18.9 Å². The molecule has 0 unspecified atom stereocenters. The normalized spacial score (nSPS) is 33.0. The summed E-state index contributed by atoms with van der Waals surface area (Å²) in [6.07, 6.45) is 5.65. The second-order valence-corrected chi connectivity index (χ2v) is 8.19. The zero-order valence-electron chi connectivity index (χ0n) is 16.8. The topological polar surface area (TPSA) is 77.4 Å². The lowest BCUT2D eigenvalue weighted by atomic mass is 9.97. The monoisotopic (exact) mass is 372 g/mol. The lowest BCUT2D eigenvalue weighted by molar-refractivity contribution is -0.179. The largest absolute Gasteiger partial charge is 0.390 e. The molecule has 0 aromatic heterocycles. The zero-order valence-corrected chi connectivity index (χ0v) is 16.8. The van der Waals surface area contributed by atoms with Crippen LogP contribution < -0.4 is 0 Å². The van der Waals surface area contributed by atoms with Gasteiger partial charge in [0.05, 0.1) is 12.7 Å². The Morgan fingerprint density at radius 2 is 1.65 bits per heavy atom. The van der Waals surface area contributed by atoms with Gasteiger partial charge in [-0.05, 0) is 47.0 Å². The molecule has 152 valence electrons. The van der Waals surface area contributed by atoms with E-state index in [9.17, 15) is 10.2 Å². The van der Waals surface area contributed by atoms with Crippen molar-refractivity contribution >= 4 is 0 Å². The second kappa shape index (κ2) is 9.13. The van der Waals surface area contributed by atoms with Gasteiger partial charge in [-0.15, -0.1) is 0 Å². The van der Waals surface area contributed by atoms with Gasteiger partial charge in [0, 0.05) is 0 Å². The van der Waals surface area contributed by atoms with Crippen LogP contribution in [0.2, 0.25) is 0 Å². The lowest BCUT2D eigenvalue weighted by Crippen LogP contribution is -2.48. The third-order valence-electron chi connectivity index (χ3n) is 4.81. The van der Waals surface area contributed by atoms with Gasteiger partial charge in [-0.1, -0.05) is 31.9 Å². The van der Waals surface area contributed by atoms with Crippen LogP contribution in [0.15, 0.2) is 12.2 Å². The number of unbranched alkanes of at least 4 members (excludes halogenated alkanes) is 3. The molecule has 2 N–H and O–H groups in total. The average Bonchev–Trinajstić information content (AvgIpc) is 3.08. The molecule has 0 radical (unpaired) electrons. The van der Waals surface area contributed by atoms with E-state index in [2.05, 4.69) is 13.0 Å². The molecule has 2 saturated heterocycles. The van der Waals surface area contributed by atoms with Crippen molar-refractivity contribution in [2.75, 3.05) is 6.61 Å². The number of aliphatic hydroxyl groups is 2. The predicted molar refractivity (Wildman–Crippen MR) is 98.6 cm³/mol. The van der Waals surface area contributed by atoms with Crippen LogP contribution in [0.1, 0.15) is 66.7 Å². The van der Waals surface area contributed by atoms with Gasteiger partial charge in [-0.3, -0.25) is 0 Å². The Kier molecular flexibility index (Phi) is 7.65. The summed E-state index contributed by atoms with van der Waals surface area (Å²) < 4.78 is 23.1. The maximum atomic E-state index is 10.8. The fourth-order valence-corrected chi connectivity index (χ4v) is 3.47. The molecule has 0 saturated carbocycles. The molecule has 0 amide bonds. The molecule has 2 aliphatic rings. The summed E-state index contributed by atoms with van der Waals surface area (Å²) in [4.78, 5) is 0. The van der Waals surface area contributed by atoms with Crippen molar-refractivity contribution in [1.82, 2.24) is 0 Å². The number of rotatable bonds is 9. The smallest absolute Gasteiger partial charge is 0.164 e. The minimum Gasteiger partial charge on any atom is -0.390 e. The predicted octanol–water partition coefficient (Wildman–Crippen LogP) is 2.91. The van der Waals surface area contributed by atoms with E-state index < -0.39 is 42.1 Å². The third kappa shape index (κ3) is 6.01. The van der Waals surface area contributed by atoms with Gasteiger partial charge in [0.1, 0.15) is 24.4 Å². The van der Waals surface area contributed by atoms with Crippen LogP contribution in [0.5, 0.6) is 0 Å². The molecule has 2 fully saturated rings. The summed E-state index contributed by atoms with van der Waals surface area (Å²) in [5.41, 5.74) is 0. The van der Waals surface area contributed by atoms with E-state index in [1.54, 1.807) is 13.8 Å². The Bertz CT molecular complexity index is 461. The van der Waals surface area contributed by atoms with Gasteiger partial charge < -0.3 is 29.2 Å². The molecule has 2 rings (SSSR count). The SMILES string of the molecule is CCCCC/C=C\C[C@@H](O)[C@H]1OC(C)(C)O[C@H]1[C@H](O)[C@@H]1COC(C)(C)O1. The molecule has 0 aliphatic carbocycles. The number of hydrogen-bond donors (Lipinski definition) is 2. The summed E-state index contributed by atoms with van der Waals surface area (Å²) in [6.45, 7) is 9.66. The molecule has 0 spiro atoms. The molecular weight excluding hydrogens is 336 g/mol. The number of ether oxygens (including phenoxy) is 4. The summed E-state index contributed by atoms with van der Waals surface area (Å²) >= 11 is 0. The first kappa shape index (κ1) is 21.8. The van der Waals surface area contributed by atoms with E-state index in [4.69, 9.17) is 18.9 Å². The molecule has 5 atom stereocenters. The molecule has 2 heterocycles. The molecule has 0 bridgehead atoms. The Hall–Kier alpha value is -0.500. The van der Waals surface area contributed by atoms with E-state index in [0.717, 1.165) is 12.8 Å². The lowest BCUT2D eigenvalue weighted by Gasteiger charge is -2.28. The molecule has 0 aromatic rings. The number of aliphatic hydroxyl groups excluding tert-OH is 2. The van der Waals surface area contributed by atoms with Crippen molar-refractivity contribution in [1.29, 1.82) is 0 Å². The van der Waals surface area contributed by atoms with Gasteiger partial charge >= 0.3 is 0 Å². The van der Waals surface area contributed by atoms with Crippen molar-refractivity contribution in [2.45, 2.75) is 109 Å². The van der Waals surface area contributed by atoms with Crippen LogP contribution in [0.4, 0.5) is 0 Å². The first-order valence-corrected chi connectivity index (χ1v) is 9.84. The fourth-order valence-electron chi connectivity index (χ4n) is 3.47. The van der Waals surface area contributed by atoms with Gasteiger partial charge in [-0.2, -0.15) is 0 Å². The van der Waals surface area contributed by atoms with Crippen molar-refractivity contribution < 1.29 is 29.2 Å². The van der Waals surface area contributed by atoms with Gasteiger partial charge in [0.15, 0.2) is 11.6 Å². The first-order valence-electron chi connectivity index (χ1n) is 9.84. The Balaban J connectivity index is 1.94. The summed E-state index contributed by atoms with van der Waals surface area (Å²) in [6, 6.07) is 0. The Morgan fingerprint density at radius 1 is 0.962 bits per heavy atom. The van der Waals surface area contributed by atoms with Crippen LogP contribution in [0.25, 0.3) is 0 Å². The highest BCUT2D eigenvalue weighted by Gasteiger charge is 2.51. The standard InChI is InChI=1S/C20H36O6/c1-6-7-8-9-10-11-12-14(21)17-18(26-20(4,5)25-17)16(22)15-13-23-19(2,3)24-15/h10-11,14-18,21-22H,6-9,12-13H2,1-5H3/b11-10-/t14-,15+,16-,17-,18+/m1/s1. The van der Waals surface area contributed by atoms with Crippen LogP contribution in [0, 0.1) is 0 Å². The van der Waals surface area contributed by atoms with E-state index in [-0.39, 0.29) is 6.61 Å². The second-order valence-electron chi connectivity index (χ2n) is 8.19. The quantitative estimate of drug-likeness (QED) is 0.479. The van der Waals surface area contributed by atoms with E-state index >= 15 is 0 Å². The zero-order chi connectivity index (χ0) is 19.4. The van der Waals surface area contributed by atoms with Gasteiger partial charge in [-0.25, -0.2) is 0 Å². The van der Waals surface area contributed by atoms with Gasteiger partial charge in [0.25, 0.3) is 0 Å². The highest BCUT2D eigenvalue weighted by atomic mass is 16.8. The van der Waals surface area contributed by atoms with Crippen LogP contribution in [-0.4, -0.2) is 58.9 Å². The van der Waals surface area contributed by atoms with Crippen molar-refractivity contribution in [3.63, 3.8) is 0 Å². The highest BCUT2D eigenvalue weighted by Crippen LogP contribution is 2.36. The van der Waals surface area contributed by atoms with Gasteiger partial charge in [0.2, 0.25) is 0 Å². The highest BCUT2D eigenvalue weighted by molar-refractivity contribution is 4.97. The number of allylic oxidation sites excluding steroid dienone is 1. The maximum absolute atomic E-state index is 10.8. The summed E-state index contributed by atoms with van der Waals surface area (Å²) in [5, 5.41) is 21.4. The van der Waals surface area contributed by atoms with Crippen LogP contribution in [0.3, 0.4) is 0 Å². The summed E-state index contributed by atoms with van der Waals surface area (Å²) in [7, 11) is 0. The van der Waals surface area contributed by atoms with Crippen molar-refractivity contribution in [2.24, 2.45) is 0 Å². The number of hydrogen-bond acceptors (Lipinski definition) is 6.